The number of halogens is 3. The van der Waals surface area contributed by atoms with E-state index in [4.69, 9.17) is 5.73 Å². The number of aromatic nitrogens is 1. The Morgan fingerprint density at radius 3 is 2.61 bits per heavy atom. The van der Waals surface area contributed by atoms with E-state index < -0.39 is 11.2 Å². The molecular formula is C12H17F3N2S. The van der Waals surface area contributed by atoms with Gasteiger partial charge in [-0.05, 0) is 31.2 Å². The molecule has 2 unspecified atom stereocenters. The van der Waals surface area contributed by atoms with Crippen LogP contribution in [0.25, 0.3) is 0 Å². The summed E-state index contributed by atoms with van der Waals surface area (Å²) in [5.41, 5.74) is 5.76. The molecule has 0 amide bonds. The Balaban J connectivity index is 2.20. The van der Waals surface area contributed by atoms with Crippen LogP contribution in [-0.2, 0) is 6.18 Å². The normalized spacial score (nSPS) is 26.0. The largest absolute Gasteiger partial charge is 0.443 e. The molecule has 0 aromatic carbocycles. The van der Waals surface area contributed by atoms with Gasteiger partial charge < -0.3 is 5.73 Å². The van der Waals surface area contributed by atoms with Crippen molar-refractivity contribution < 1.29 is 13.2 Å². The molecule has 0 aliphatic heterocycles. The van der Waals surface area contributed by atoms with Crippen LogP contribution in [0.3, 0.4) is 0 Å². The molecule has 1 heterocycles. The summed E-state index contributed by atoms with van der Waals surface area (Å²) in [7, 11) is 0. The summed E-state index contributed by atoms with van der Waals surface area (Å²) in [4.78, 5) is 4.26. The van der Waals surface area contributed by atoms with Gasteiger partial charge in [0.1, 0.15) is 0 Å². The Morgan fingerprint density at radius 1 is 1.28 bits per heavy atom. The monoisotopic (exact) mass is 278 g/mol. The van der Waals surface area contributed by atoms with Crippen molar-refractivity contribution in [3.63, 3.8) is 0 Å². The summed E-state index contributed by atoms with van der Waals surface area (Å²) in [6, 6.07) is 0. The third kappa shape index (κ3) is 3.03. The van der Waals surface area contributed by atoms with Gasteiger partial charge >= 0.3 is 6.18 Å². The molecule has 102 valence electrons. The Bertz CT molecular complexity index is 389. The van der Waals surface area contributed by atoms with Crippen molar-refractivity contribution in [1.82, 2.24) is 4.98 Å². The molecule has 18 heavy (non-hydrogen) atoms. The maximum Gasteiger partial charge on any atom is 0.443 e. The van der Waals surface area contributed by atoms with Crippen LogP contribution in [0.1, 0.15) is 47.9 Å². The first-order valence-electron chi connectivity index (χ1n) is 6.25. The van der Waals surface area contributed by atoms with Crippen LogP contribution in [0.2, 0.25) is 0 Å². The second-order valence-corrected chi connectivity index (χ2v) is 5.87. The van der Waals surface area contributed by atoms with Crippen LogP contribution in [0.5, 0.6) is 0 Å². The minimum atomic E-state index is -4.33. The van der Waals surface area contributed by atoms with Gasteiger partial charge in [-0.2, -0.15) is 13.2 Å². The zero-order valence-electron chi connectivity index (χ0n) is 10.0. The summed E-state index contributed by atoms with van der Waals surface area (Å²) in [5, 5.41) is -0.738. The number of nitrogens with two attached hydrogens (primary N) is 1. The number of rotatable bonds is 2. The second-order valence-electron chi connectivity index (χ2n) is 4.81. The SMILES string of the molecule is NCC1CCCCCC1c1cnc(C(F)(F)F)s1. The average molecular weight is 278 g/mol. The highest BCUT2D eigenvalue weighted by Gasteiger charge is 2.36. The molecule has 2 N–H and O–H groups in total. The number of thiazole rings is 1. The Kier molecular flexibility index (Phi) is 4.27. The molecular weight excluding hydrogens is 261 g/mol. The van der Waals surface area contributed by atoms with E-state index in [0.717, 1.165) is 48.3 Å². The minimum absolute atomic E-state index is 0.158. The van der Waals surface area contributed by atoms with Gasteiger partial charge in [-0.1, -0.05) is 19.3 Å². The Hall–Kier alpha value is -0.620. The number of alkyl halides is 3. The van der Waals surface area contributed by atoms with Crippen LogP contribution in [0.15, 0.2) is 6.20 Å². The standard InChI is InChI=1S/C12H17F3N2S/c13-12(14,15)11-17-7-10(18-11)9-5-3-1-2-4-8(9)6-16/h7-9H,1-6,16H2. The van der Waals surface area contributed by atoms with Crippen molar-refractivity contribution in [2.75, 3.05) is 6.54 Å². The lowest BCUT2D eigenvalue weighted by Crippen LogP contribution is -2.20. The summed E-state index contributed by atoms with van der Waals surface area (Å²) >= 11 is 0.783. The van der Waals surface area contributed by atoms with Gasteiger partial charge in [-0.3, -0.25) is 0 Å². The van der Waals surface area contributed by atoms with E-state index in [2.05, 4.69) is 4.98 Å². The fourth-order valence-corrected chi connectivity index (χ4v) is 3.64. The molecule has 0 spiro atoms. The molecule has 1 fully saturated rings. The number of hydrogen-bond acceptors (Lipinski definition) is 3. The van der Waals surface area contributed by atoms with Crippen molar-refractivity contribution >= 4 is 11.3 Å². The van der Waals surface area contributed by atoms with Crippen molar-refractivity contribution in [3.05, 3.63) is 16.1 Å². The predicted octanol–water partition coefficient (Wildman–Crippen LogP) is 3.78. The number of nitrogens with zero attached hydrogens (tertiary/aromatic N) is 1. The molecule has 0 saturated heterocycles. The minimum Gasteiger partial charge on any atom is -0.330 e. The quantitative estimate of drug-likeness (QED) is 0.836. The molecule has 0 radical (unpaired) electrons. The van der Waals surface area contributed by atoms with Crippen LogP contribution in [0, 0.1) is 5.92 Å². The Labute approximate surface area is 108 Å². The predicted molar refractivity (Wildman–Crippen MR) is 65.5 cm³/mol. The molecule has 2 rings (SSSR count). The number of hydrogen-bond donors (Lipinski definition) is 1. The van der Waals surface area contributed by atoms with Gasteiger partial charge in [-0.15, -0.1) is 11.3 Å². The van der Waals surface area contributed by atoms with E-state index in [1.54, 1.807) is 0 Å². The maximum absolute atomic E-state index is 12.6. The van der Waals surface area contributed by atoms with Crippen LogP contribution in [0.4, 0.5) is 13.2 Å². The topological polar surface area (TPSA) is 38.9 Å². The average Bonchev–Trinajstić information content (AvgIpc) is 2.68. The van der Waals surface area contributed by atoms with E-state index in [-0.39, 0.29) is 5.92 Å². The third-order valence-corrected chi connectivity index (χ3v) is 4.77. The summed E-state index contributed by atoms with van der Waals surface area (Å²) in [6.45, 7) is 0.546. The first kappa shape index (κ1) is 13.8. The maximum atomic E-state index is 12.6. The lowest BCUT2D eigenvalue weighted by Gasteiger charge is -2.22. The van der Waals surface area contributed by atoms with Crippen LogP contribution < -0.4 is 5.73 Å². The molecule has 1 aliphatic carbocycles. The van der Waals surface area contributed by atoms with Crippen molar-refractivity contribution in [1.29, 1.82) is 0 Å². The van der Waals surface area contributed by atoms with Gasteiger partial charge in [0, 0.05) is 11.1 Å². The molecule has 0 bridgehead atoms. The lowest BCUT2D eigenvalue weighted by atomic mass is 9.87. The van der Waals surface area contributed by atoms with E-state index in [1.165, 1.54) is 6.20 Å². The third-order valence-electron chi connectivity index (χ3n) is 3.59. The summed E-state index contributed by atoms with van der Waals surface area (Å²) in [6.07, 6.45) is 2.36. The van der Waals surface area contributed by atoms with Gasteiger partial charge in [-0.25, -0.2) is 4.98 Å². The van der Waals surface area contributed by atoms with Crippen molar-refractivity contribution in [3.8, 4) is 0 Å². The highest BCUT2D eigenvalue weighted by Crippen LogP contribution is 2.41. The van der Waals surface area contributed by atoms with Crippen molar-refractivity contribution in [2.45, 2.75) is 44.2 Å². The van der Waals surface area contributed by atoms with E-state index in [9.17, 15) is 13.2 Å². The van der Waals surface area contributed by atoms with Crippen molar-refractivity contribution in [2.24, 2.45) is 11.7 Å². The molecule has 2 nitrogen and oxygen atoms in total. The molecule has 1 aliphatic rings. The first-order chi connectivity index (χ1) is 8.52. The summed E-state index contributed by atoms with van der Waals surface area (Å²) < 4.78 is 37.7. The van der Waals surface area contributed by atoms with Crippen LogP contribution in [-0.4, -0.2) is 11.5 Å². The van der Waals surface area contributed by atoms with E-state index >= 15 is 0 Å². The van der Waals surface area contributed by atoms with E-state index in [1.807, 2.05) is 0 Å². The van der Waals surface area contributed by atoms with Gasteiger partial charge in [0.05, 0.1) is 0 Å². The second kappa shape index (κ2) is 5.57. The zero-order valence-corrected chi connectivity index (χ0v) is 10.9. The molecule has 1 aromatic rings. The lowest BCUT2D eigenvalue weighted by molar-refractivity contribution is -0.137. The smallest absolute Gasteiger partial charge is 0.330 e. The molecule has 1 aromatic heterocycles. The van der Waals surface area contributed by atoms with Crippen LogP contribution >= 0.6 is 11.3 Å². The zero-order chi connectivity index (χ0) is 13.2. The Morgan fingerprint density at radius 2 is 2.00 bits per heavy atom. The first-order valence-corrected chi connectivity index (χ1v) is 7.07. The van der Waals surface area contributed by atoms with Gasteiger partial charge in [0.25, 0.3) is 0 Å². The molecule has 1 saturated carbocycles. The fourth-order valence-electron chi connectivity index (χ4n) is 2.63. The van der Waals surface area contributed by atoms with E-state index in [0.29, 0.717) is 12.5 Å². The highest BCUT2D eigenvalue weighted by atomic mass is 32.1. The fraction of sp³-hybridized carbons (Fsp3) is 0.750. The molecule has 2 atom stereocenters. The van der Waals surface area contributed by atoms with Gasteiger partial charge in [0.2, 0.25) is 0 Å². The highest BCUT2D eigenvalue weighted by molar-refractivity contribution is 7.11. The van der Waals surface area contributed by atoms with Gasteiger partial charge in [0.15, 0.2) is 5.01 Å². The summed E-state index contributed by atoms with van der Waals surface area (Å²) in [5.74, 6) is 0.458. The molecule has 6 heteroatoms.